The summed E-state index contributed by atoms with van der Waals surface area (Å²) in [5.41, 5.74) is 0.859. The third kappa shape index (κ3) is 2.71. The maximum Gasteiger partial charge on any atom is 0.134 e. The van der Waals surface area contributed by atoms with Crippen molar-refractivity contribution in [3.8, 4) is 11.8 Å². The predicted molar refractivity (Wildman–Crippen MR) is 66.9 cm³/mol. The Morgan fingerprint density at radius 2 is 2.00 bits per heavy atom. The Hall–Kier alpha value is -1.24. The standard InChI is InChI=1S/C13H15ClN2O/c14-11-8-10(4-5-13(11)17)12(9-15)16-6-2-1-3-7-16/h4-5,8,12,17H,1-3,6-7H2. The molecular formula is C13H15ClN2O. The molecule has 2 rings (SSSR count). The number of nitrogens with zero attached hydrogens (tertiary/aromatic N) is 2. The van der Waals surface area contributed by atoms with Crippen LogP contribution in [0.25, 0.3) is 0 Å². The van der Waals surface area contributed by atoms with Crippen molar-refractivity contribution >= 4 is 11.6 Å². The largest absolute Gasteiger partial charge is 0.506 e. The molecule has 1 atom stereocenters. The SMILES string of the molecule is N#CC(c1ccc(O)c(Cl)c1)N1CCCCC1. The van der Waals surface area contributed by atoms with Gasteiger partial charge in [-0.15, -0.1) is 0 Å². The summed E-state index contributed by atoms with van der Waals surface area (Å²) < 4.78 is 0. The summed E-state index contributed by atoms with van der Waals surface area (Å²) in [6.07, 6.45) is 3.53. The lowest BCUT2D eigenvalue weighted by Gasteiger charge is -2.30. The molecule has 3 nitrogen and oxygen atoms in total. The third-order valence-corrected chi connectivity index (χ3v) is 3.47. The first kappa shape index (κ1) is 12.2. The second-order valence-electron chi connectivity index (χ2n) is 4.34. The lowest BCUT2D eigenvalue weighted by atomic mass is 10.0. The van der Waals surface area contributed by atoms with Crippen LogP contribution in [0.15, 0.2) is 18.2 Å². The number of hydrogen-bond donors (Lipinski definition) is 1. The summed E-state index contributed by atoms with van der Waals surface area (Å²) >= 11 is 5.88. The summed E-state index contributed by atoms with van der Waals surface area (Å²) in [5, 5.41) is 19.0. The van der Waals surface area contributed by atoms with Crippen LogP contribution in [0.1, 0.15) is 30.9 Å². The van der Waals surface area contributed by atoms with Crippen LogP contribution in [-0.2, 0) is 0 Å². The van der Waals surface area contributed by atoms with Gasteiger partial charge in [-0.3, -0.25) is 4.90 Å². The first-order valence-corrected chi connectivity index (χ1v) is 6.22. The highest BCUT2D eigenvalue weighted by Gasteiger charge is 2.22. The second kappa shape index (κ2) is 5.39. The molecule has 0 aromatic heterocycles. The van der Waals surface area contributed by atoms with Crippen molar-refractivity contribution in [2.75, 3.05) is 13.1 Å². The van der Waals surface area contributed by atoms with Gasteiger partial charge < -0.3 is 5.11 Å². The fourth-order valence-corrected chi connectivity index (χ4v) is 2.43. The number of piperidine rings is 1. The monoisotopic (exact) mass is 250 g/mol. The molecule has 1 fully saturated rings. The lowest BCUT2D eigenvalue weighted by molar-refractivity contribution is 0.196. The van der Waals surface area contributed by atoms with E-state index in [2.05, 4.69) is 11.0 Å². The molecule has 1 aliphatic rings. The number of aromatic hydroxyl groups is 1. The maximum atomic E-state index is 9.38. The number of hydrogen-bond acceptors (Lipinski definition) is 3. The Labute approximate surface area is 106 Å². The van der Waals surface area contributed by atoms with Gasteiger partial charge in [-0.05, 0) is 43.6 Å². The zero-order valence-electron chi connectivity index (χ0n) is 9.56. The van der Waals surface area contributed by atoms with E-state index >= 15 is 0 Å². The highest BCUT2D eigenvalue weighted by Crippen LogP contribution is 2.30. The number of rotatable bonds is 2. The quantitative estimate of drug-likeness (QED) is 0.877. The summed E-state index contributed by atoms with van der Waals surface area (Å²) in [5.74, 6) is 0.0609. The summed E-state index contributed by atoms with van der Waals surface area (Å²) in [6, 6.07) is 7.06. The molecule has 1 N–H and O–H groups in total. The zero-order valence-corrected chi connectivity index (χ0v) is 10.3. The van der Waals surface area contributed by atoms with Crippen molar-refractivity contribution in [2.24, 2.45) is 0 Å². The zero-order chi connectivity index (χ0) is 12.3. The van der Waals surface area contributed by atoms with Gasteiger partial charge >= 0.3 is 0 Å². The number of phenolic OH excluding ortho intramolecular Hbond substituents is 1. The van der Waals surface area contributed by atoms with Crippen LogP contribution in [0, 0.1) is 11.3 Å². The maximum absolute atomic E-state index is 9.38. The minimum absolute atomic E-state index is 0.0609. The molecule has 1 heterocycles. The number of benzene rings is 1. The highest BCUT2D eigenvalue weighted by molar-refractivity contribution is 6.32. The van der Waals surface area contributed by atoms with Gasteiger partial charge in [0.1, 0.15) is 11.8 Å². The first-order valence-electron chi connectivity index (χ1n) is 5.84. The van der Waals surface area contributed by atoms with E-state index in [0.717, 1.165) is 31.5 Å². The van der Waals surface area contributed by atoms with Crippen molar-refractivity contribution in [1.29, 1.82) is 5.26 Å². The molecule has 1 aromatic carbocycles. The Morgan fingerprint density at radius 3 is 2.59 bits per heavy atom. The molecule has 1 aliphatic heterocycles. The molecule has 0 saturated carbocycles. The van der Waals surface area contributed by atoms with Crippen molar-refractivity contribution in [3.63, 3.8) is 0 Å². The van der Waals surface area contributed by atoms with Gasteiger partial charge in [-0.25, -0.2) is 0 Å². The minimum atomic E-state index is -0.256. The highest BCUT2D eigenvalue weighted by atomic mass is 35.5. The topological polar surface area (TPSA) is 47.3 Å². The molecule has 0 radical (unpaired) electrons. The number of phenols is 1. The van der Waals surface area contributed by atoms with Gasteiger partial charge in [0.15, 0.2) is 0 Å². The van der Waals surface area contributed by atoms with Crippen molar-refractivity contribution in [1.82, 2.24) is 4.90 Å². The molecule has 4 heteroatoms. The van der Waals surface area contributed by atoms with Gasteiger partial charge in [0.2, 0.25) is 0 Å². The van der Waals surface area contributed by atoms with E-state index in [-0.39, 0.29) is 11.8 Å². The molecule has 1 unspecified atom stereocenters. The van der Waals surface area contributed by atoms with Gasteiger partial charge in [0, 0.05) is 0 Å². The summed E-state index contributed by atoms with van der Waals surface area (Å²) in [6.45, 7) is 1.91. The van der Waals surface area contributed by atoms with Crippen LogP contribution in [-0.4, -0.2) is 23.1 Å². The van der Waals surface area contributed by atoms with Crippen LogP contribution in [0.5, 0.6) is 5.75 Å². The van der Waals surface area contributed by atoms with E-state index in [1.54, 1.807) is 18.2 Å². The summed E-state index contributed by atoms with van der Waals surface area (Å²) in [4.78, 5) is 2.17. The van der Waals surface area contributed by atoms with E-state index < -0.39 is 0 Å². The minimum Gasteiger partial charge on any atom is -0.506 e. The van der Waals surface area contributed by atoms with Crippen LogP contribution in [0.3, 0.4) is 0 Å². The molecule has 17 heavy (non-hydrogen) atoms. The van der Waals surface area contributed by atoms with E-state index in [4.69, 9.17) is 11.6 Å². The number of nitriles is 1. The molecule has 0 amide bonds. The second-order valence-corrected chi connectivity index (χ2v) is 4.75. The molecule has 0 bridgehead atoms. The smallest absolute Gasteiger partial charge is 0.134 e. The number of halogens is 1. The molecule has 1 saturated heterocycles. The van der Waals surface area contributed by atoms with Crippen molar-refractivity contribution in [2.45, 2.75) is 25.3 Å². The average Bonchev–Trinajstić information content (AvgIpc) is 2.36. The van der Waals surface area contributed by atoms with Gasteiger partial charge in [0.25, 0.3) is 0 Å². The van der Waals surface area contributed by atoms with Gasteiger partial charge in [-0.1, -0.05) is 24.1 Å². The van der Waals surface area contributed by atoms with E-state index in [0.29, 0.717) is 5.02 Å². The number of likely N-dealkylation sites (tertiary alicyclic amines) is 1. The first-order chi connectivity index (χ1) is 8.22. The normalized spacial score (nSPS) is 18.6. The van der Waals surface area contributed by atoms with Crippen LogP contribution < -0.4 is 0 Å². The Balaban J connectivity index is 2.22. The average molecular weight is 251 g/mol. The predicted octanol–water partition coefficient (Wildman–Crippen LogP) is 3.10. The molecule has 90 valence electrons. The Bertz CT molecular complexity index is 436. The Morgan fingerprint density at radius 1 is 1.29 bits per heavy atom. The Kier molecular flexibility index (Phi) is 3.88. The fourth-order valence-electron chi connectivity index (χ4n) is 2.24. The summed E-state index contributed by atoms with van der Waals surface area (Å²) in [7, 11) is 0. The van der Waals surface area contributed by atoms with Gasteiger partial charge in [0.05, 0.1) is 11.1 Å². The van der Waals surface area contributed by atoms with E-state index in [1.165, 1.54) is 6.42 Å². The van der Waals surface area contributed by atoms with E-state index in [9.17, 15) is 10.4 Å². The lowest BCUT2D eigenvalue weighted by Crippen LogP contribution is -2.33. The third-order valence-electron chi connectivity index (χ3n) is 3.17. The van der Waals surface area contributed by atoms with Crippen LogP contribution in [0.4, 0.5) is 0 Å². The molecular weight excluding hydrogens is 236 g/mol. The van der Waals surface area contributed by atoms with Crippen LogP contribution in [0.2, 0.25) is 5.02 Å². The van der Waals surface area contributed by atoms with Crippen molar-refractivity contribution in [3.05, 3.63) is 28.8 Å². The van der Waals surface area contributed by atoms with Crippen molar-refractivity contribution < 1.29 is 5.11 Å². The fraction of sp³-hybridized carbons (Fsp3) is 0.462. The van der Waals surface area contributed by atoms with E-state index in [1.807, 2.05) is 0 Å². The molecule has 0 aliphatic carbocycles. The molecule has 0 spiro atoms. The molecule has 1 aromatic rings. The van der Waals surface area contributed by atoms with Gasteiger partial charge in [-0.2, -0.15) is 5.26 Å². The van der Waals surface area contributed by atoms with Crippen LogP contribution >= 0.6 is 11.6 Å².